The van der Waals surface area contributed by atoms with Crippen LogP contribution >= 0.6 is 0 Å². The van der Waals surface area contributed by atoms with Gasteiger partial charge in [-0.3, -0.25) is 10.1 Å². The monoisotopic (exact) mass is 283 g/mol. The Morgan fingerprint density at radius 2 is 1.45 bits per heavy atom. The maximum absolute atomic E-state index is 11.1. The molecule has 20 heavy (non-hydrogen) atoms. The van der Waals surface area contributed by atoms with Crippen molar-refractivity contribution >= 4 is 17.9 Å². The van der Waals surface area contributed by atoms with Gasteiger partial charge >= 0.3 is 17.9 Å². The second kappa shape index (κ2) is 6.53. The predicted molar refractivity (Wildman–Crippen MR) is 65.4 cm³/mol. The molecule has 0 spiro atoms. The van der Waals surface area contributed by atoms with Gasteiger partial charge in [-0.2, -0.15) is 0 Å². The van der Waals surface area contributed by atoms with Gasteiger partial charge in [0.05, 0.1) is 0 Å². The molecule has 1 aromatic rings. The predicted octanol–water partition coefficient (Wildman–Crippen LogP) is -0.485. The van der Waals surface area contributed by atoms with Crippen molar-refractivity contribution in [1.82, 2.24) is 5.32 Å². The molecule has 0 radical (unpaired) electrons. The number of phenolic OH excluding ortho intramolecular Hbond substituents is 1. The molecule has 0 saturated carbocycles. The third-order valence-electron chi connectivity index (χ3n) is 2.54. The maximum Gasteiger partial charge on any atom is 0.332 e. The molecule has 0 fully saturated rings. The van der Waals surface area contributed by atoms with Crippen LogP contribution in [0.15, 0.2) is 24.3 Å². The Hall–Kier alpha value is -2.61. The minimum absolute atomic E-state index is 0.00235. The van der Waals surface area contributed by atoms with Crippen LogP contribution in [-0.2, 0) is 20.8 Å². The van der Waals surface area contributed by atoms with Crippen molar-refractivity contribution in [2.45, 2.75) is 18.5 Å². The van der Waals surface area contributed by atoms with Gasteiger partial charge in [0.2, 0.25) is 6.04 Å². The summed E-state index contributed by atoms with van der Waals surface area (Å²) in [6.07, 6.45) is -0.118. The molecule has 1 rings (SSSR count). The van der Waals surface area contributed by atoms with E-state index in [1.807, 2.05) is 0 Å². The summed E-state index contributed by atoms with van der Waals surface area (Å²) < 4.78 is 0. The fourth-order valence-corrected chi connectivity index (χ4v) is 1.53. The molecule has 0 aliphatic rings. The minimum atomic E-state index is -2.01. The smallest absolute Gasteiger partial charge is 0.332 e. The zero-order chi connectivity index (χ0) is 15.3. The van der Waals surface area contributed by atoms with E-state index < -0.39 is 30.0 Å². The molecule has 8 nitrogen and oxygen atoms in total. The van der Waals surface area contributed by atoms with E-state index in [4.69, 9.17) is 20.4 Å². The lowest BCUT2D eigenvalue weighted by Crippen LogP contribution is -2.52. The molecule has 0 aromatic heterocycles. The number of nitrogens with one attached hydrogen (secondary N) is 1. The first-order valence-electron chi connectivity index (χ1n) is 5.53. The van der Waals surface area contributed by atoms with Crippen LogP contribution in [0.1, 0.15) is 5.56 Å². The Kier molecular flexibility index (Phi) is 5.04. The zero-order valence-corrected chi connectivity index (χ0v) is 10.2. The molecule has 0 aliphatic heterocycles. The molecule has 1 aromatic carbocycles. The van der Waals surface area contributed by atoms with Crippen molar-refractivity contribution in [3.8, 4) is 5.75 Å². The molecule has 8 heteroatoms. The number of aromatic hydroxyl groups is 1. The molecule has 0 bridgehead atoms. The summed E-state index contributed by atoms with van der Waals surface area (Å²) in [5.41, 5.74) is 0.511. The third kappa shape index (κ3) is 4.25. The van der Waals surface area contributed by atoms with Crippen molar-refractivity contribution < 1.29 is 34.8 Å². The van der Waals surface area contributed by atoms with Gasteiger partial charge in [-0.15, -0.1) is 0 Å². The summed E-state index contributed by atoms with van der Waals surface area (Å²) in [5, 5.41) is 37.6. The van der Waals surface area contributed by atoms with Gasteiger partial charge in [0.15, 0.2) is 0 Å². The number of benzene rings is 1. The fraction of sp³-hybridized carbons (Fsp3) is 0.250. The van der Waals surface area contributed by atoms with Crippen molar-refractivity contribution in [2.24, 2.45) is 0 Å². The highest BCUT2D eigenvalue weighted by Gasteiger charge is 2.31. The second-order valence-corrected chi connectivity index (χ2v) is 4.04. The lowest BCUT2D eigenvalue weighted by atomic mass is 10.0. The molecule has 0 amide bonds. The highest BCUT2D eigenvalue weighted by atomic mass is 16.4. The van der Waals surface area contributed by atoms with Gasteiger partial charge in [0.25, 0.3) is 0 Å². The first-order valence-corrected chi connectivity index (χ1v) is 5.53. The Morgan fingerprint density at radius 3 is 1.85 bits per heavy atom. The number of carbonyl (C=O) groups is 3. The first-order chi connectivity index (χ1) is 9.31. The number of carboxylic acids is 3. The Morgan fingerprint density at radius 1 is 0.950 bits per heavy atom. The average Bonchev–Trinajstić information content (AvgIpc) is 2.35. The lowest BCUT2D eigenvalue weighted by Gasteiger charge is -2.17. The average molecular weight is 283 g/mol. The summed E-state index contributed by atoms with van der Waals surface area (Å²) in [4.78, 5) is 32.5. The molecule has 1 atom stereocenters. The summed E-state index contributed by atoms with van der Waals surface area (Å²) in [6.45, 7) is 0. The first kappa shape index (κ1) is 15.4. The highest BCUT2D eigenvalue weighted by Crippen LogP contribution is 2.11. The molecule has 5 N–H and O–H groups in total. The van der Waals surface area contributed by atoms with E-state index in [1.165, 1.54) is 24.3 Å². The summed E-state index contributed by atoms with van der Waals surface area (Å²) in [7, 11) is 0. The van der Waals surface area contributed by atoms with Crippen LogP contribution in [0, 0.1) is 0 Å². The molecule has 108 valence electrons. The van der Waals surface area contributed by atoms with E-state index in [0.717, 1.165) is 0 Å². The maximum atomic E-state index is 11.1. The van der Waals surface area contributed by atoms with Gasteiger partial charge in [-0.1, -0.05) is 12.1 Å². The van der Waals surface area contributed by atoms with Crippen LogP contribution < -0.4 is 5.32 Å². The molecular weight excluding hydrogens is 270 g/mol. The quantitative estimate of drug-likeness (QED) is 0.422. The van der Waals surface area contributed by atoms with Crippen molar-refractivity contribution in [3.63, 3.8) is 0 Å². The topological polar surface area (TPSA) is 144 Å². The van der Waals surface area contributed by atoms with Crippen molar-refractivity contribution in [1.29, 1.82) is 0 Å². The molecule has 0 aliphatic carbocycles. The zero-order valence-electron chi connectivity index (χ0n) is 10.2. The van der Waals surface area contributed by atoms with Gasteiger partial charge in [-0.25, -0.2) is 9.59 Å². The van der Waals surface area contributed by atoms with Crippen LogP contribution in [-0.4, -0.2) is 50.4 Å². The van der Waals surface area contributed by atoms with Crippen LogP contribution in [0.3, 0.4) is 0 Å². The van der Waals surface area contributed by atoms with Gasteiger partial charge in [0, 0.05) is 0 Å². The minimum Gasteiger partial charge on any atom is -0.508 e. The van der Waals surface area contributed by atoms with Gasteiger partial charge < -0.3 is 20.4 Å². The van der Waals surface area contributed by atoms with Gasteiger partial charge in [-0.05, 0) is 24.1 Å². The molecule has 0 unspecified atom stereocenters. The Labute approximate surface area is 113 Å². The molecular formula is C12H13NO7. The standard InChI is InChI=1S/C12H13NO7/c14-7-3-1-6(2-4-7)5-8(10(15)16)13-9(11(17)18)12(19)20/h1-4,8-9,13-14H,5H2,(H,15,16)(H,17,18)(H,19,20)/t8-/m0/s1. The van der Waals surface area contributed by atoms with E-state index in [0.29, 0.717) is 5.56 Å². The van der Waals surface area contributed by atoms with Crippen LogP contribution in [0.25, 0.3) is 0 Å². The van der Waals surface area contributed by atoms with Crippen LogP contribution in [0.5, 0.6) is 5.75 Å². The number of carboxylic acid groups (broad SMARTS) is 3. The van der Waals surface area contributed by atoms with E-state index in [2.05, 4.69) is 5.32 Å². The second-order valence-electron chi connectivity index (χ2n) is 4.04. The third-order valence-corrected chi connectivity index (χ3v) is 2.54. The highest BCUT2D eigenvalue weighted by molar-refractivity contribution is 5.97. The number of aliphatic carboxylic acids is 3. The molecule has 0 heterocycles. The largest absolute Gasteiger partial charge is 0.508 e. The normalized spacial score (nSPS) is 12.1. The van der Waals surface area contributed by atoms with Crippen LogP contribution in [0.4, 0.5) is 0 Å². The van der Waals surface area contributed by atoms with E-state index in [9.17, 15) is 14.4 Å². The Balaban J connectivity index is 2.84. The number of phenols is 1. The summed E-state index contributed by atoms with van der Waals surface area (Å²) in [6, 6.07) is 2.23. The summed E-state index contributed by atoms with van der Waals surface area (Å²) >= 11 is 0. The number of hydrogen-bond acceptors (Lipinski definition) is 5. The fourth-order valence-electron chi connectivity index (χ4n) is 1.53. The Bertz CT molecular complexity index is 497. The van der Waals surface area contributed by atoms with E-state index in [-0.39, 0.29) is 12.2 Å². The summed E-state index contributed by atoms with van der Waals surface area (Å²) in [5.74, 6) is -4.71. The van der Waals surface area contributed by atoms with E-state index >= 15 is 0 Å². The molecule has 0 saturated heterocycles. The van der Waals surface area contributed by atoms with E-state index in [1.54, 1.807) is 0 Å². The van der Waals surface area contributed by atoms with Crippen molar-refractivity contribution in [3.05, 3.63) is 29.8 Å². The SMILES string of the molecule is O=C(O)C(N[C@@H](Cc1ccc(O)cc1)C(=O)O)C(=O)O. The number of rotatable bonds is 7. The van der Waals surface area contributed by atoms with Crippen LogP contribution in [0.2, 0.25) is 0 Å². The number of hydrogen-bond donors (Lipinski definition) is 5. The van der Waals surface area contributed by atoms with Gasteiger partial charge in [0.1, 0.15) is 11.8 Å². The van der Waals surface area contributed by atoms with Crippen molar-refractivity contribution in [2.75, 3.05) is 0 Å². The lowest BCUT2D eigenvalue weighted by molar-refractivity contribution is -0.152.